The molecule has 0 aliphatic rings. The third-order valence-electron chi connectivity index (χ3n) is 3.71. The quantitative estimate of drug-likeness (QED) is 0.737. The van der Waals surface area contributed by atoms with Gasteiger partial charge in [-0.2, -0.15) is 0 Å². The number of aliphatic hydroxyl groups excluding tert-OH is 1. The zero-order chi connectivity index (χ0) is 16.5. The fourth-order valence-corrected chi connectivity index (χ4v) is 2.26. The molecule has 0 bridgehead atoms. The summed E-state index contributed by atoms with van der Waals surface area (Å²) < 4.78 is 13.8. The van der Waals surface area contributed by atoms with Gasteiger partial charge in [-0.3, -0.25) is 9.69 Å². The molecule has 0 fully saturated rings. The summed E-state index contributed by atoms with van der Waals surface area (Å²) in [6.07, 6.45) is 2.65. The lowest BCUT2D eigenvalue weighted by Gasteiger charge is -2.28. The van der Waals surface area contributed by atoms with Crippen LogP contribution in [0.1, 0.15) is 38.7 Å². The molecular formula is C17H27FN2O2. The number of amides is 1. The Morgan fingerprint density at radius 2 is 2.05 bits per heavy atom. The number of hydrogen-bond acceptors (Lipinski definition) is 3. The van der Waals surface area contributed by atoms with Crippen molar-refractivity contribution in [3.8, 4) is 0 Å². The molecule has 1 aromatic rings. The van der Waals surface area contributed by atoms with Crippen LogP contribution in [0.15, 0.2) is 18.2 Å². The van der Waals surface area contributed by atoms with Gasteiger partial charge in [0.05, 0.1) is 11.7 Å². The van der Waals surface area contributed by atoms with E-state index in [9.17, 15) is 9.18 Å². The van der Waals surface area contributed by atoms with E-state index in [-0.39, 0.29) is 24.2 Å². The Labute approximate surface area is 132 Å². The van der Waals surface area contributed by atoms with Gasteiger partial charge in [-0.15, -0.1) is 0 Å². The molecule has 1 aromatic carbocycles. The van der Waals surface area contributed by atoms with Crippen molar-refractivity contribution in [3.05, 3.63) is 29.6 Å². The van der Waals surface area contributed by atoms with Crippen molar-refractivity contribution in [3.63, 3.8) is 0 Å². The number of nitrogens with zero attached hydrogens (tertiary/aromatic N) is 1. The molecule has 1 amide bonds. The Hall–Kier alpha value is -1.46. The highest BCUT2D eigenvalue weighted by molar-refractivity contribution is 5.94. The number of hydrogen-bond donors (Lipinski definition) is 2. The SMILES string of the molecule is CCCCN(CCCO)C(C)C(=O)Nc1ccc(C)cc1F. The maximum absolute atomic E-state index is 13.8. The van der Waals surface area contributed by atoms with Crippen molar-refractivity contribution in [2.24, 2.45) is 0 Å². The van der Waals surface area contributed by atoms with Crippen LogP contribution < -0.4 is 5.32 Å². The van der Waals surface area contributed by atoms with Crippen molar-refractivity contribution >= 4 is 11.6 Å². The molecule has 2 N–H and O–H groups in total. The molecule has 0 heterocycles. The molecule has 124 valence electrons. The van der Waals surface area contributed by atoms with Crippen LogP contribution >= 0.6 is 0 Å². The number of anilines is 1. The van der Waals surface area contributed by atoms with Crippen LogP contribution in [0.2, 0.25) is 0 Å². The molecule has 0 aliphatic carbocycles. The first-order chi connectivity index (χ1) is 10.5. The molecule has 5 heteroatoms. The summed E-state index contributed by atoms with van der Waals surface area (Å²) in [7, 11) is 0. The summed E-state index contributed by atoms with van der Waals surface area (Å²) in [5.41, 5.74) is 1.02. The summed E-state index contributed by atoms with van der Waals surface area (Å²) in [6, 6.07) is 4.39. The van der Waals surface area contributed by atoms with Gasteiger partial charge in [-0.05, 0) is 50.9 Å². The number of carbonyl (C=O) groups is 1. The Bertz CT molecular complexity index is 472. The van der Waals surface area contributed by atoms with Gasteiger partial charge in [0.15, 0.2) is 0 Å². The predicted molar refractivity (Wildman–Crippen MR) is 87.4 cm³/mol. The van der Waals surface area contributed by atoms with Gasteiger partial charge in [-0.1, -0.05) is 19.4 Å². The highest BCUT2D eigenvalue weighted by Gasteiger charge is 2.21. The third-order valence-corrected chi connectivity index (χ3v) is 3.71. The molecule has 1 unspecified atom stereocenters. The summed E-state index contributed by atoms with van der Waals surface area (Å²) >= 11 is 0. The first kappa shape index (κ1) is 18.6. The van der Waals surface area contributed by atoms with E-state index in [1.54, 1.807) is 19.1 Å². The van der Waals surface area contributed by atoms with Gasteiger partial charge in [0.25, 0.3) is 0 Å². The lowest BCUT2D eigenvalue weighted by atomic mass is 10.2. The molecule has 1 atom stereocenters. The highest BCUT2D eigenvalue weighted by Crippen LogP contribution is 2.16. The van der Waals surface area contributed by atoms with Crippen LogP contribution in [0.25, 0.3) is 0 Å². The largest absolute Gasteiger partial charge is 0.396 e. The second kappa shape index (κ2) is 9.54. The van der Waals surface area contributed by atoms with Gasteiger partial charge >= 0.3 is 0 Å². The van der Waals surface area contributed by atoms with E-state index in [1.807, 2.05) is 11.8 Å². The fraction of sp³-hybridized carbons (Fsp3) is 0.588. The van der Waals surface area contributed by atoms with Crippen molar-refractivity contribution in [2.75, 3.05) is 25.0 Å². The molecule has 0 spiro atoms. The van der Waals surface area contributed by atoms with Crippen LogP contribution in [0.4, 0.5) is 10.1 Å². The maximum atomic E-state index is 13.8. The normalized spacial score (nSPS) is 12.5. The van der Waals surface area contributed by atoms with Gasteiger partial charge in [0.1, 0.15) is 5.82 Å². The van der Waals surface area contributed by atoms with Gasteiger partial charge in [-0.25, -0.2) is 4.39 Å². The Morgan fingerprint density at radius 1 is 1.36 bits per heavy atom. The third kappa shape index (κ3) is 5.73. The predicted octanol–water partition coefficient (Wildman–Crippen LogP) is 2.95. The number of aliphatic hydroxyl groups is 1. The molecule has 0 radical (unpaired) electrons. The van der Waals surface area contributed by atoms with Crippen molar-refractivity contribution in [1.82, 2.24) is 4.90 Å². The maximum Gasteiger partial charge on any atom is 0.241 e. The minimum Gasteiger partial charge on any atom is -0.396 e. The van der Waals surface area contributed by atoms with E-state index >= 15 is 0 Å². The molecule has 4 nitrogen and oxygen atoms in total. The van der Waals surface area contributed by atoms with E-state index in [4.69, 9.17) is 5.11 Å². The Kier molecular flexibility index (Phi) is 8.06. The van der Waals surface area contributed by atoms with E-state index in [0.29, 0.717) is 13.0 Å². The van der Waals surface area contributed by atoms with Crippen molar-refractivity contribution in [2.45, 2.75) is 46.1 Å². The molecule has 0 saturated carbocycles. The van der Waals surface area contributed by atoms with Crippen molar-refractivity contribution in [1.29, 1.82) is 0 Å². The first-order valence-corrected chi connectivity index (χ1v) is 7.91. The number of aryl methyl sites for hydroxylation is 1. The molecule has 0 aliphatic heterocycles. The molecule has 22 heavy (non-hydrogen) atoms. The number of benzene rings is 1. The van der Waals surface area contributed by atoms with Gasteiger partial charge in [0.2, 0.25) is 5.91 Å². The second-order valence-corrected chi connectivity index (χ2v) is 5.62. The number of unbranched alkanes of at least 4 members (excludes halogenated alkanes) is 1. The van der Waals surface area contributed by atoms with Crippen LogP contribution in [0.3, 0.4) is 0 Å². The summed E-state index contributed by atoms with van der Waals surface area (Å²) in [6.45, 7) is 7.26. The monoisotopic (exact) mass is 310 g/mol. The minimum absolute atomic E-state index is 0.101. The van der Waals surface area contributed by atoms with Crippen LogP contribution in [-0.4, -0.2) is 41.7 Å². The Balaban J connectivity index is 2.70. The average molecular weight is 310 g/mol. The molecule has 0 aromatic heterocycles. The second-order valence-electron chi connectivity index (χ2n) is 5.62. The lowest BCUT2D eigenvalue weighted by Crippen LogP contribution is -2.43. The number of nitrogens with one attached hydrogen (secondary N) is 1. The molecule has 1 rings (SSSR count). The zero-order valence-corrected chi connectivity index (χ0v) is 13.7. The average Bonchev–Trinajstić information content (AvgIpc) is 2.49. The zero-order valence-electron chi connectivity index (χ0n) is 13.7. The number of halogens is 1. The van der Waals surface area contributed by atoms with Crippen LogP contribution in [-0.2, 0) is 4.79 Å². The highest BCUT2D eigenvalue weighted by atomic mass is 19.1. The van der Waals surface area contributed by atoms with Crippen molar-refractivity contribution < 1.29 is 14.3 Å². The number of carbonyl (C=O) groups excluding carboxylic acids is 1. The van der Waals surface area contributed by atoms with Crippen LogP contribution in [0, 0.1) is 12.7 Å². The van der Waals surface area contributed by atoms with E-state index in [0.717, 1.165) is 24.9 Å². The van der Waals surface area contributed by atoms with E-state index < -0.39 is 5.82 Å². The van der Waals surface area contributed by atoms with E-state index in [2.05, 4.69) is 12.2 Å². The summed E-state index contributed by atoms with van der Waals surface area (Å²) in [5.74, 6) is -0.646. The first-order valence-electron chi connectivity index (χ1n) is 7.91. The van der Waals surface area contributed by atoms with Crippen LogP contribution in [0.5, 0.6) is 0 Å². The topological polar surface area (TPSA) is 52.6 Å². The summed E-state index contributed by atoms with van der Waals surface area (Å²) in [4.78, 5) is 14.4. The van der Waals surface area contributed by atoms with Gasteiger partial charge in [0, 0.05) is 13.2 Å². The van der Waals surface area contributed by atoms with E-state index in [1.165, 1.54) is 6.07 Å². The molecule has 0 saturated heterocycles. The summed E-state index contributed by atoms with van der Waals surface area (Å²) in [5, 5.41) is 11.6. The Morgan fingerprint density at radius 3 is 2.64 bits per heavy atom. The molecular weight excluding hydrogens is 283 g/mol. The van der Waals surface area contributed by atoms with Gasteiger partial charge < -0.3 is 10.4 Å². The minimum atomic E-state index is -0.420. The lowest BCUT2D eigenvalue weighted by molar-refractivity contribution is -0.120. The number of rotatable bonds is 9. The smallest absolute Gasteiger partial charge is 0.241 e. The fourth-order valence-electron chi connectivity index (χ4n) is 2.26. The standard InChI is InChI=1S/C17H27FN2O2/c1-4-5-9-20(10-6-11-21)14(3)17(22)19-16-8-7-13(2)12-15(16)18/h7-8,12,14,21H,4-6,9-11H2,1-3H3,(H,19,22).